The summed E-state index contributed by atoms with van der Waals surface area (Å²) in [5.41, 5.74) is 0. The van der Waals surface area contributed by atoms with Gasteiger partial charge in [-0.15, -0.1) is 0 Å². The van der Waals surface area contributed by atoms with Gasteiger partial charge >= 0.3 is 5.97 Å². The largest absolute Gasteiger partial charge is 0.466 e. The van der Waals surface area contributed by atoms with Crippen molar-refractivity contribution in [3.05, 3.63) is 0 Å². The normalized spacial score (nSPS) is 38.6. The van der Waals surface area contributed by atoms with Crippen molar-refractivity contribution in [3.8, 4) is 0 Å². The second kappa shape index (κ2) is 3.05. The number of hydrogen-bond donors (Lipinski definition) is 1. The highest BCUT2D eigenvalue weighted by Gasteiger charge is 2.43. The molecule has 0 aromatic carbocycles. The van der Waals surface area contributed by atoms with Crippen LogP contribution in [-0.4, -0.2) is 24.7 Å². The maximum Gasteiger partial charge on any atom is 0.310 e. The van der Waals surface area contributed by atoms with Crippen LogP contribution in [0.25, 0.3) is 0 Å². The van der Waals surface area contributed by atoms with Crippen molar-refractivity contribution < 1.29 is 9.53 Å². The van der Waals surface area contributed by atoms with Gasteiger partial charge in [0, 0.05) is 12.1 Å². The molecule has 2 fully saturated rings. The SMILES string of the molecule is CCOC(=O)[C@H]1C[C@H]2CC[C@H]1N2. The van der Waals surface area contributed by atoms with E-state index in [1.54, 1.807) is 0 Å². The van der Waals surface area contributed by atoms with E-state index in [2.05, 4.69) is 5.32 Å². The highest BCUT2D eigenvalue weighted by atomic mass is 16.5. The lowest BCUT2D eigenvalue weighted by atomic mass is 9.89. The third kappa shape index (κ3) is 1.22. The van der Waals surface area contributed by atoms with Gasteiger partial charge in [0.05, 0.1) is 12.5 Å². The molecular weight excluding hydrogens is 154 g/mol. The van der Waals surface area contributed by atoms with Gasteiger partial charge in [0.1, 0.15) is 0 Å². The molecule has 0 aromatic rings. The lowest BCUT2D eigenvalue weighted by molar-refractivity contribution is -0.148. The van der Waals surface area contributed by atoms with Crippen LogP contribution in [0.4, 0.5) is 0 Å². The molecule has 0 aromatic heterocycles. The molecule has 2 aliphatic heterocycles. The van der Waals surface area contributed by atoms with E-state index >= 15 is 0 Å². The third-order valence-corrected chi connectivity index (χ3v) is 2.89. The molecule has 3 heteroatoms. The van der Waals surface area contributed by atoms with Crippen molar-refractivity contribution in [2.45, 2.75) is 38.3 Å². The first kappa shape index (κ1) is 8.05. The number of carbonyl (C=O) groups is 1. The van der Waals surface area contributed by atoms with E-state index in [0.29, 0.717) is 18.7 Å². The molecular formula is C9H15NO2. The zero-order valence-corrected chi connectivity index (χ0v) is 7.38. The Bertz CT molecular complexity index is 193. The van der Waals surface area contributed by atoms with E-state index in [-0.39, 0.29) is 11.9 Å². The second-order valence-corrected chi connectivity index (χ2v) is 3.64. The van der Waals surface area contributed by atoms with Crippen LogP contribution in [0, 0.1) is 5.92 Å². The minimum Gasteiger partial charge on any atom is -0.466 e. The van der Waals surface area contributed by atoms with Crippen LogP contribution in [0.1, 0.15) is 26.2 Å². The number of esters is 1. The molecule has 2 rings (SSSR count). The van der Waals surface area contributed by atoms with Crippen LogP contribution in [0.15, 0.2) is 0 Å². The van der Waals surface area contributed by atoms with E-state index in [0.717, 1.165) is 12.8 Å². The molecule has 3 atom stereocenters. The fraction of sp³-hybridized carbons (Fsp3) is 0.889. The summed E-state index contributed by atoms with van der Waals surface area (Å²) < 4.78 is 5.00. The molecule has 0 radical (unpaired) electrons. The van der Waals surface area contributed by atoms with Gasteiger partial charge in [0.25, 0.3) is 0 Å². The quantitative estimate of drug-likeness (QED) is 0.618. The fourth-order valence-electron chi connectivity index (χ4n) is 2.33. The minimum atomic E-state index is -0.00259. The summed E-state index contributed by atoms with van der Waals surface area (Å²) in [5, 5.41) is 3.42. The molecule has 0 aliphatic carbocycles. The number of carbonyl (C=O) groups excluding carboxylic acids is 1. The lowest BCUT2D eigenvalue weighted by Gasteiger charge is -2.17. The molecule has 2 heterocycles. The summed E-state index contributed by atoms with van der Waals surface area (Å²) in [7, 11) is 0. The predicted octanol–water partition coefficient (Wildman–Crippen LogP) is 0.690. The Morgan fingerprint density at radius 2 is 2.42 bits per heavy atom. The molecule has 2 aliphatic rings. The van der Waals surface area contributed by atoms with Gasteiger partial charge in [-0.05, 0) is 26.2 Å². The summed E-state index contributed by atoms with van der Waals surface area (Å²) in [6, 6.07) is 0.999. The summed E-state index contributed by atoms with van der Waals surface area (Å²) in [4.78, 5) is 11.4. The van der Waals surface area contributed by atoms with Crippen molar-refractivity contribution in [3.63, 3.8) is 0 Å². The summed E-state index contributed by atoms with van der Waals surface area (Å²) in [6.45, 7) is 2.37. The Morgan fingerprint density at radius 1 is 1.58 bits per heavy atom. The monoisotopic (exact) mass is 169 g/mol. The topological polar surface area (TPSA) is 38.3 Å². The Hall–Kier alpha value is -0.570. The molecule has 12 heavy (non-hydrogen) atoms. The lowest BCUT2D eigenvalue weighted by Crippen LogP contribution is -2.30. The maximum absolute atomic E-state index is 11.4. The Balaban J connectivity index is 1.93. The van der Waals surface area contributed by atoms with E-state index in [4.69, 9.17) is 4.74 Å². The fourth-order valence-corrected chi connectivity index (χ4v) is 2.33. The zero-order chi connectivity index (χ0) is 8.55. The molecule has 2 bridgehead atoms. The van der Waals surface area contributed by atoms with Crippen molar-refractivity contribution in [2.24, 2.45) is 5.92 Å². The van der Waals surface area contributed by atoms with Crippen LogP contribution in [-0.2, 0) is 9.53 Å². The van der Waals surface area contributed by atoms with Crippen molar-refractivity contribution in [1.29, 1.82) is 0 Å². The van der Waals surface area contributed by atoms with Crippen LogP contribution in [0.5, 0.6) is 0 Å². The molecule has 0 spiro atoms. The van der Waals surface area contributed by atoms with Crippen LogP contribution < -0.4 is 5.32 Å². The zero-order valence-electron chi connectivity index (χ0n) is 7.38. The Morgan fingerprint density at radius 3 is 2.92 bits per heavy atom. The number of fused-ring (bicyclic) bond motifs is 2. The highest BCUT2D eigenvalue weighted by Crippen LogP contribution is 2.33. The van der Waals surface area contributed by atoms with Gasteiger partial charge in [-0.3, -0.25) is 4.79 Å². The molecule has 0 unspecified atom stereocenters. The van der Waals surface area contributed by atoms with Gasteiger partial charge in [0.15, 0.2) is 0 Å². The molecule has 3 nitrogen and oxygen atoms in total. The minimum absolute atomic E-state index is 0.00259. The molecule has 0 amide bonds. The first-order valence-corrected chi connectivity index (χ1v) is 4.74. The maximum atomic E-state index is 11.4. The van der Waals surface area contributed by atoms with Gasteiger partial charge in [0.2, 0.25) is 0 Å². The van der Waals surface area contributed by atoms with E-state index in [1.165, 1.54) is 6.42 Å². The smallest absolute Gasteiger partial charge is 0.310 e. The van der Waals surface area contributed by atoms with Gasteiger partial charge < -0.3 is 10.1 Å². The molecule has 2 saturated heterocycles. The summed E-state index contributed by atoms with van der Waals surface area (Å²) in [6.07, 6.45) is 3.37. The Labute approximate surface area is 72.5 Å². The van der Waals surface area contributed by atoms with Crippen LogP contribution in [0.2, 0.25) is 0 Å². The number of hydrogen-bond acceptors (Lipinski definition) is 3. The first-order chi connectivity index (χ1) is 5.81. The van der Waals surface area contributed by atoms with Gasteiger partial charge in [-0.25, -0.2) is 0 Å². The second-order valence-electron chi connectivity index (χ2n) is 3.64. The third-order valence-electron chi connectivity index (χ3n) is 2.89. The van der Waals surface area contributed by atoms with Crippen molar-refractivity contribution >= 4 is 5.97 Å². The molecule has 68 valence electrons. The van der Waals surface area contributed by atoms with E-state index in [9.17, 15) is 4.79 Å². The Kier molecular flexibility index (Phi) is 2.05. The van der Waals surface area contributed by atoms with E-state index < -0.39 is 0 Å². The van der Waals surface area contributed by atoms with Crippen molar-refractivity contribution in [1.82, 2.24) is 5.32 Å². The molecule has 1 N–H and O–H groups in total. The summed E-state index contributed by atoms with van der Waals surface area (Å²) in [5.74, 6) is 0.140. The number of ether oxygens (including phenoxy) is 1. The van der Waals surface area contributed by atoms with Gasteiger partial charge in [-0.2, -0.15) is 0 Å². The highest BCUT2D eigenvalue weighted by molar-refractivity contribution is 5.74. The summed E-state index contributed by atoms with van der Waals surface area (Å²) >= 11 is 0. The van der Waals surface area contributed by atoms with Crippen LogP contribution in [0.3, 0.4) is 0 Å². The van der Waals surface area contributed by atoms with Crippen LogP contribution >= 0.6 is 0 Å². The van der Waals surface area contributed by atoms with Crippen molar-refractivity contribution in [2.75, 3.05) is 6.61 Å². The van der Waals surface area contributed by atoms with Gasteiger partial charge in [-0.1, -0.05) is 0 Å². The first-order valence-electron chi connectivity index (χ1n) is 4.74. The molecule has 0 saturated carbocycles. The number of rotatable bonds is 2. The predicted molar refractivity (Wildman–Crippen MR) is 44.7 cm³/mol. The average molecular weight is 169 g/mol. The van der Waals surface area contributed by atoms with E-state index in [1.807, 2.05) is 6.92 Å². The average Bonchev–Trinajstić information content (AvgIpc) is 2.64. The number of nitrogens with one attached hydrogen (secondary N) is 1. The standard InChI is InChI=1S/C9H15NO2/c1-2-12-9(11)7-5-6-3-4-8(7)10-6/h6-8,10H,2-5H2,1H3/t6-,7+,8-/m1/s1.